The number of likely N-dealkylation sites (tertiary alicyclic amines) is 1. The molecule has 2 rings (SSSR count). The van der Waals surface area contributed by atoms with Gasteiger partial charge in [0, 0.05) is 13.1 Å². The maximum Gasteiger partial charge on any atom is 0.245 e. The van der Waals surface area contributed by atoms with Gasteiger partial charge in [0.25, 0.3) is 0 Å². The number of rotatable bonds is 4. The van der Waals surface area contributed by atoms with Gasteiger partial charge in [-0.2, -0.15) is 0 Å². The molecule has 0 aromatic carbocycles. The van der Waals surface area contributed by atoms with Gasteiger partial charge >= 0.3 is 0 Å². The van der Waals surface area contributed by atoms with E-state index in [0.717, 1.165) is 12.8 Å². The quantitative estimate of drug-likeness (QED) is 0.861. The maximum absolute atomic E-state index is 12.3. The molecule has 0 unspecified atom stereocenters. The zero-order chi connectivity index (χ0) is 16.1. The minimum atomic E-state index is -0.251. The fourth-order valence-corrected chi connectivity index (χ4v) is 2.65. The summed E-state index contributed by atoms with van der Waals surface area (Å²) < 4.78 is 4.96. The van der Waals surface area contributed by atoms with Crippen molar-refractivity contribution < 1.29 is 14.3 Å². The van der Waals surface area contributed by atoms with Crippen molar-refractivity contribution in [2.75, 3.05) is 25.5 Å². The van der Waals surface area contributed by atoms with E-state index in [4.69, 9.17) is 16.3 Å². The Hall–Kier alpha value is -2.08. The van der Waals surface area contributed by atoms with Crippen molar-refractivity contribution in [2.24, 2.45) is 5.92 Å². The van der Waals surface area contributed by atoms with E-state index in [1.165, 1.54) is 19.4 Å². The molecule has 0 radical (unpaired) electrons. The maximum atomic E-state index is 12.3. The molecule has 2 amide bonds. The standard InChI is InChI=1S/C15H18ClN3O3/c1-3-13(20)19-6-4-5-10(9-19)14(21)18-11-7-12(16)15(22-2)17-8-11/h3,7-8,10H,1,4-6,9H2,2H3,(H,18,21)/t10-/m0/s1. The van der Waals surface area contributed by atoms with Gasteiger partial charge in [-0.1, -0.05) is 18.2 Å². The number of methoxy groups -OCH3 is 1. The van der Waals surface area contributed by atoms with Crippen molar-refractivity contribution in [2.45, 2.75) is 12.8 Å². The molecule has 0 bridgehead atoms. The van der Waals surface area contributed by atoms with E-state index in [1.54, 1.807) is 11.0 Å². The van der Waals surface area contributed by atoms with Crippen LogP contribution in [0.2, 0.25) is 5.02 Å². The number of carbonyl (C=O) groups is 2. The summed E-state index contributed by atoms with van der Waals surface area (Å²) >= 11 is 5.98. The van der Waals surface area contributed by atoms with Crippen molar-refractivity contribution in [1.82, 2.24) is 9.88 Å². The Morgan fingerprint density at radius 3 is 3.00 bits per heavy atom. The molecule has 1 N–H and O–H groups in total. The molecule has 0 spiro atoms. The van der Waals surface area contributed by atoms with Crippen LogP contribution in [0.5, 0.6) is 5.88 Å². The van der Waals surface area contributed by atoms with Gasteiger partial charge in [-0.15, -0.1) is 0 Å². The Kier molecular flexibility index (Phi) is 5.38. The van der Waals surface area contributed by atoms with Crippen molar-refractivity contribution in [3.05, 3.63) is 29.9 Å². The first kappa shape index (κ1) is 16.3. The number of carbonyl (C=O) groups excluding carboxylic acids is 2. The minimum Gasteiger partial charge on any atom is -0.480 e. The number of nitrogens with zero attached hydrogens (tertiary/aromatic N) is 2. The molecule has 1 aromatic heterocycles. The fraction of sp³-hybridized carbons (Fsp3) is 0.400. The van der Waals surface area contributed by atoms with Crippen LogP contribution in [0.1, 0.15) is 12.8 Å². The summed E-state index contributed by atoms with van der Waals surface area (Å²) in [6.07, 6.45) is 4.29. The third-order valence-corrected chi connectivity index (χ3v) is 3.82. The van der Waals surface area contributed by atoms with E-state index in [-0.39, 0.29) is 17.7 Å². The third-order valence-electron chi connectivity index (χ3n) is 3.55. The number of pyridine rings is 1. The summed E-state index contributed by atoms with van der Waals surface area (Å²) in [6.45, 7) is 4.53. The number of hydrogen-bond donors (Lipinski definition) is 1. The number of amides is 2. The topological polar surface area (TPSA) is 71.5 Å². The second-order valence-electron chi connectivity index (χ2n) is 5.03. The van der Waals surface area contributed by atoms with Crippen LogP contribution in [0.25, 0.3) is 0 Å². The molecule has 1 atom stereocenters. The van der Waals surface area contributed by atoms with Crippen molar-refractivity contribution in [3.8, 4) is 5.88 Å². The van der Waals surface area contributed by atoms with E-state index in [0.29, 0.717) is 29.7 Å². The number of anilines is 1. The molecule has 22 heavy (non-hydrogen) atoms. The lowest BCUT2D eigenvalue weighted by Crippen LogP contribution is -2.43. The fourth-order valence-electron chi connectivity index (χ4n) is 2.41. The summed E-state index contributed by atoms with van der Waals surface area (Å²) in [5.74, 6) is -0.241. The van der Waals surface area contributed by atoms with Gasteiger partial charge in [0.2, 0.25) is 17.7 Å². The Balaban J connectivity index is 2.01. The lowest BCUT2D eigenvalue weighted by molar-refractivity contribution is -0.130. The monoisotopic (exact) mass is 323 g/mol. The van der Waals surface area contributed by atoms with Crippen LogP contribution in [0, 0.1) is 5.92 Å². The van der Waals surface area contributed by atoms with Crippen LogP contribution < -0.4 is 10.1 Å². The van der Waals surface area contributed by atoms with Crippen LogP contribution >= 0.6 is 11.6 Å². The van der Waals surface area contributed by atoms with Crippen LogP contribution in [-0.2, 0) is 9.59 Å². The molecule has 1 aliphatic rings. The smallest absolute Gasteiger partial charge is 0.245 e. The highest BCUT2D eigenvalue weighted by atomic mass is 35.5. The molecule has 1 aliphatic heterocycles. The predicted octanol–water partition coefficient (Wildman–Crippen LogP) is 2.11. The minimum absolute atomic E-state index is 0.147. The van der Waals surface area contributed by atoms with Gasteiger partial charge in [-0.05, 0) is 25.0 Å². The summed E-state index contributed by atoms with van der Waals surface area (Å²) in [5.41, 5.74) is 0.503. The summed E-state index contributed by atoms with van der Waals surface area (Å²) in [5, 5.41) is 3.10. The number of aromatic nitrogens is 1. The van der Waals surface area contributed by atoms with Crippen LogP contribution in [0.15, 0.2) is 24.9 Å². The predicted molar refractivity (Wildman–Crippen MR) is 83.9 cm³/mol. The largest absolute Gasteiger partial charge is 0.480 e. The molecule has 1 saturated heterocycles. The average Bonchev–Trinajstić information content (AvgIpc) is 2.54. The van der Waals surface area contributed by atoms with Crippen molar-refractivity contribution in [1.29, 1.82) is 0 Å². The lowest BCUT2D eigenvalue weighted by Gasteiger charge is -2.31. The number of nitrogens with one attached hydrogen (secondary N) is 1. The highest BCUT2D eigenvalue weighted by Crippen LogP contribution is 2.25. The molecule has 0 saturated carbocycles. The summed E-state index contributed by atoms with van der Waals surface area (Å²) in [7, 11) is 1.47. The second kappa shape index (κ2) is 7.26. The van der Waals surface area contributed by atoms with Crippen LogP contribution in [0.4, 0.5) is 5.69 Å². The molecule has 1 fully saturated rings. The van der Waals surface area contributed by atoms with E-state index < -0.39 is 0 Å². The normalized spacial score (nSPS) is 17.7. The zero-order valence-electron chi connectivity index (χ0n) is 12.3. The summed E-state index contributed by atoms with van der Waals surface area (Å²) in [4.78, 5) is 29.6. The SMILES string of the molecule is C=CC(=O)N1CCC[C@H](C(=O)Nc2cnc(OC)c(Cl)c2)C1. The first-order valence-corrected chi connectivity index (χ1v) is 7.34. The van der Waals surface area contributed by atoms with Crippen LogP contribution in [0.3, 0.4) is 0 Å². The Bertz CT molecular complexity index is 591. The highest BCUT2D eigenvalue weighted by molar-refractivity contribution is 6.32. The van der Waals surface area contributed by atoms with Gasteiger partial charge in [-0.25, -0.2) is 4.98 Å². The molecular weight excluding hydrogens is 306 g/mol. The first-order chi connectivity index (χ1) is 10.5. The van der Waals surface area contributed by atoms with Crippen molar-refractivity contribution >= 4 is 29.1 Å². The van der Waals surface area contributed by atoms with Gasteiger partial charge in [0.05, 0.1) is 24.9 Å². The van der Waals surface area contributed by atoms with Gasteiger partial charge < -0.3 is 15.0 Å². The van der Waals surface area contributed by atoms with Crippen molar-refractivity contribution in [3.63, 3.8) is 0 Å². The molecule has 2 heterocycles. The summed E-state index contributed by atoms with van der Waals surface area (Å²) in [6, 6.07) is 1.58. The Morgan fingerprint density at radius 2 is 2.36 bits per heavy atom. The molecule has 118 valence electrons. The second-order valence-corrected chi connectivity index (χ2v) is 5.44. The average molecular weight is 324 g/mol. The first-order valence-electron chi connectivity index (χ1n) is 6.97. The molecule has 6 nitrogen and oxygen atoms in total. The van der Waals surface area contributed by atoms with Gasteiger partial charge in [0.15, 0.2) is 0 Å². The molecular formula is C15H18ClN3O3. The number of piperidine rings is 1. The lowest BCUT2D eigenvalue weighted by atomic mass is 9.97. The zero-order valence-corrected chi connectivity index (χ0v) is 13.1. The Morgan fingerprint density at radius 1 is 1.59 bits per heavy atom. The highest BCUT2D eigenvalue weighted by Gasteiger charge is 2.27. The third kappa shape index (κ3) is 3.76. The van der Waals surface area contributed by atoms with Gasteiger partial charge in [0.1, 0.15) is 5.02 Å². The number of halogens is 1. The van der Waals surface area contributed by atoms with Gasteiger partial charge in [-0.3, -0.25) is 9.59 Å². The van der Waals surface area contributed by atoms with E-state index in [1.807, 2.05) is 0 Å². The molecule has 7 heteroatoms. The Labute approximate surface area is 134 Å². The molecule has 0 aliphatic carbocycles. The number of hydrogen-bond acceptors (Lipinski definition) is 4. The van der Waals surface area contributed by atoms with E-state index in [9.17, 15) is 9.59 Å². The van der Waals surface area contributed by atoms with E-state index >= 15 is 0 Å². The van der Waals surface area contributed by atoms with Crippen LogP contribution in [-0.4, -0.2) is 41.9 Å². The number of ether oxygens (including phenoxy) is 1. The van der Waals surface area contributed by atoms with E-state index in [2.05, 4.69) is 16.9 Å². The molecule has 1 aromatic rings.